The van der Waals surface area contributed by atoms with E-state index in [2.05, 4.69) is 6.07 Å². The molecule has 0 fully saturated rings. The predicted molar refractivity (Wildman–Crippen MR) is 86.8 cm³/mol. The van der Waals surface area contributed by atoms with Crippen LogP contribution in [0.4, 0.5) is 0 Å². The Balaban J connectivity index is 2.07. The first-order valence-corrected chi connectivity index (χ1v) is 7.49. The summed E-state index contributed by atoms with van der Waals surface area (Å²) in [7, 11) is 1.28. The van der Waals surface area contributed by atoms with Crippen LogP contribution in [0.1, 0.15) is 24.8 Å². The molecule has 2 aromatic carbocycles. The maximum absolute atomic E-state index is 11.9. The fourth-order valence-electron chi connectivity index (χ4n) is 3.18. The Bertz CT molecular complexity index is 847. The Labute approximate surface area is 134 Å². The van der Waals surface area contributed by atoms with E-state index in [4.69, 9.17) is 4.74 Å². The monoisotopic (exact) mass is 307 g/mol. The first-order chi connectivity index (χ1) is 11.1. The third kappa shape index (κ3) is 2.55. The molecule has 1 unspecified atom stereocenters. The summed E-state index contributed by atoms with van der Waals surface area (Å²) in [5, 5.41) is 22.0. The van der Waals surface area contributed by atoms with E-state index in [-0.39, 0.29) is 17.8 Å². The van der Waals surface area contributed by atoms with Crippen LogP contribution in [0.25, 0.3) is 10.8 Å². The van der Waals surface area contributed by atoms with Gasteiger partial charge in [-0.2, -0.15) is 5.26 Å². The van der Waals surface area contributed by atoms with Gasteiger partial charge in [-0.05, 0) is 28.8 Å². The van der Waals surface area contributed by atoms with Crippen molar-refractivity contribution in [2.75, 3.05) is 7.11 Å². The molecule has 1 atom stereocenters. The van der Waals surface area contributed by atoms with Gasteiger partial charge >= 0.3 is 5.97 Å². The number of nitrogens with zero attached hydrogens (tertiary/aromatic N) is 1. The van der Waals surface area contributed by atoms with Crippen LogP contribution >= 0.6 is 0 Å². The number of esters is 1. The van der Waals surface area contributed by atoms with Crippen molar-refractivity contribution in [2.45, 2.75) is 24.7 Å². The van der Waals surface area contributed by atoms with Crippen LogP contribution in [-0.4, -0.2) is 18.2 Å². The molecule has 1 N–H and O–H groups in total. The normalized spacial score (nSPS) is 21.0. The summed E-state index contributed by atoms with van der Waals surface area (Å²) in [4.78, 5) is 11.9. The largest absolute Gasteiger partial charge is 0.512 e. The summed E-state index contributed by atoms with van der Waals surface area (Å²) in [6.45, 7) is 0. The molecule has 1 aliphatic carbocycles. The van der Waals surface area contributed by atoms with Crippen molar-refractivity contribution < 1.29 is 14.6 Å². The molecule has 1 aliphatic rings. The molecule has 0 saturated carbocycles. The topological polar surface area (TPSA) is 70.3 Å². The second-order valence-corrected chi connectivity index (χ2v) is 5.85. The van der Waals surface area contributed by atoms with Gasteiger partial charge in [-0.3, -0.25) is 0 Å². The van der Waals surface area contributed by atoms with Crippen molar-refractivity contribution in [1.29, 1.82) is 5.26 Å². The number of allylic oxidation sites excluding steroid dienone is 1. The highest BCUT2D eigenvalue weighted by molar-refractivity contribution is 5.90. The van der Waals surface area contributed by atoms with Crippen molar-refractivity contribution in [2.24, 2.45) is 0 Å². The lowest BCUT2D eigenvalue weighted by molar-refractivity contribution is -0.136. The average Bonchev–Trinajstić information content (AvgIpc) is 2.61. The summed E-state index contributed by atoms with van der Waals surface area (Å²) >= 11 is 0. The zero-order valence-electron chi connectivity index (χ0n) is 12.9. The number of benzene rings is 2. The van der Waals surface area contributed by atoms with Gasteiger partial charge in [0.25, 0.3) is 0 Å². The van der Waals surface area contributed by atoms with Crippen molar-refractivity contribution in [3.8, 4) is 6.07 Å². The maximum atomic E-state index is 11.9. The van der Waals surface area contributed by atoms with E-state index in [9.17, 15) is 15.2 Å². The van der Waals surface area contributed by atoms with E-state index < -0.39 is 11.4 Å². The standard InChI is InChI=1S/C19H17NO3/c1-23-18(22)16-11-19(12-20,9-8-17(16)21)15-7-6-13-4-2-3-5-14(13)10-15/h2-7,10,21H,8-9,11H2,1H3. The number of nitriles is 1. The van der Waals surface area contributed by atoms with Crippen LogP contribution in [0, 0.1) is 11.3 Å². The lowest BCUT2D eigenvalue weighted by Crippen LogP contribution is -2.31. The van der Waals surface area contributed by atoms with Gasteiger partial charge in [-0.25, -0.2) is 4.79 Å². The molecule has 4 heteroatoms. The van der Waals surface area contributed by atoms with E-state index in [0.717, 1.165) is 16.3 Å². The summed E-state index contributed by atoms with van der Waals surface area (Å²) in [6.07, 6.45) is 0.944. The van der Waals surface area contributed by atoms with Gasteiger partial charge in [0, 0.05) is 12.8 Å². The third-order valence-electron chi connectivity index (χ3n) is 4.56. The molecule has 0 bridgehead atoms. The molecular formula is C19H17NO3. The smallest absolute Gasteiger partial charge is 0.337 e. The number of aliphatic hydroxyl groups excluding tert-OH is 1. The van der Waals surface area contributed by atoms with Crippen LogP contribution in [-0.2, 0) is 14.9 Å². The molecule has 0 spiro atoms. The zero-order chi connectivity index (χ0) is 16.4. The lowest BCUT2D eigenvalue weighted by atomic mass is 9.69. The highest BCUT2D eigenvalue weighted by Gasteiger charge is 2.40. The Hall–Kier alpha value is -2.80. The maximum Gasteiger partial charge on any atom is 0.337 e. The van der Waals surface area contributed by atoms with Gasteiger partial charge in [-0.1, -0.05) is 36.4 Å². The number of methoxy groups -OCH3 is 1. The molecule has 0 amide bonds. The quantitative estimate of drug-likeness (QED) is 0.857. The minimum absolute atomic E-state index is 0.0310. The second kappa shape index (κ2) is 5.77. The average molecular weight is 307 g/mol. The number of carbonyl (C=O) groups is 1. The molecular weight excluding hydrogens is 290 g/mol. The number of hydrogen-bond donors (Lipinski definition) is 1. The highest BCUT2D eigenvalue weighted by atomic mass is 16.5. The minimum atomic E-state index is -0.820. The van der Waals surface area contributed by atoms with E-state index in [1.165, 1.54) is 7.11 Å². The van der Waals surface area contributed by atoms with Gasteiger partial charge < -0.3 is 9.84 Å². The predicted octanol–water partition coefficient (Wildman–Crippen LogP) is 3.77. The summed E-state index contributed by atoms with van der Waals surface area (Å²) in [6, 6.07) is 16.2. The summed E-state index contributed by atoms with van der Waals surface area (Å²) in [5.74, 6) is -0.536. The number of aliphatic hydroxyl groups is 1. The fourth-order valence-corrected chi connectivity index (χ4v) is 3.18. The highest BCUT2D eigenvalue weighted by Crippen LogP contribution is 2.42. The van der Waals surface area contributed by atoms with Crippen LogP contribution in [0.3, 0.4) is 0 Å². The number of fused-ring (bicyclic) bond motifs is 1. The molecule has 0 aromatic heterocycles. The molecule has 2 aromatic rings. The van der Waals surface area contributed by atoms with Crippen LogP contribution in [0.15, 0.2) is 53.8 Å². The molecule has 4 nitrogen and oxygen atoms in total. The van der Waals surface area contributed by atoms with Crippen LogP contribution in [0.5, 0.6) is 0 Å². The molecule has 116 valence electrons. The Morgan fingerprint density at radius 2 is 2.00 bits per heavy atom. The molecule has 3 rings (SSSR count). The zero-order valence-corrected chi connectivity index (χ0v) is 12.9. The second-order valence-electron chi connectivity index (χ2n) is 5.85. The third-order valence-corrected chi connectivity index (χ3v) is 4.56. The number of hydrogen-bond acceptors (Lipinski definition) is 4. The minimum Gasteiger partial charge on any atom is -0.512 e. The molecule has 23 heavy (non-hydrogen) atoms. The van der Waals surface area contributed by atoms with Gasteiger partial charge in [0.05, 0.1) is 24.2 Å². The Morgan fingerprint density at radius 3 is 2.70 bits per heavy atom. The van der Waals surface area contributed by atoms with Crippen LogP contribution in [0.2, 0.25) is 0 Å². The van der Waals surface area contributed by atoms with E-state index in [0.29, 0.717) is 12.8 Å². The summed E-state index contributed by atoms with van der Waals surface area (Å²) in [5.41, 5.74) is 0.251. The van der Waals surface area contributed by atoms with Crippen molar-refractivity contribution in [3.63, 3.8) is 0 Å². The first kappa shape index (κ1) is 15.1. The Kier molecular flexibility index (Phi) is 3.79. The van der Waals surface area contributed by atoms with Crippen molar-refractivity contribution in [3.05, 3.63) is 59.4 Å². The summed E-state index contributed by atoms with van der Waals surface area (Å²) < 4.78 is 4.74. The molecule has 0 saturated heterocycles. The number of rotatable bonds is 2. The van der Waals surface area contributed by atoms with Crippen molar-refractivity contribution >= 4 is 16.7 Å². The lowest BCUT2D eigenvalue weighted by Gasteiger charge is -2.32. The SMILES string of the molecule is COC(=O)C1=C(O)CCC(C#N)(c2ccc3ccccc3c2)C1. The van der Waals surface area contributed by atoms with Gasteiger partial charge in [0.2, 0.25) is 0 Å². The number of ether oxygens (including phenoxy) is 1. The molecule has 0 radical (unpaired) electrons. The van der Waals surface area contributed by atoms with E-state index in [1.807, 2.05) is 42.5 Å². The van der Waals surface area contributed by atoms with E-state index in [1.54, 1.807) is 0 Å². The number of carbonyl (C=O) groups excluding carboxylic acids is 1. The Morgan fingerprint density at radius 1 is 1.26 bits per heavy atom. The van der Waals surface area contributed by atoms with Crippen LogP contribution < -0.4 is 0 Å². The fraction of sp³-hybridized carbons (Fsp3) is 0.263. The van der Waals surface area contributed by atoms with Crippen molar-refractivity contribution in [1.82, 2.24) is 0 Å². The molecule has 0 heterocycles. The molecule has 0 aliphatic heterocycles. The first-order valence-electron chi connectivity index (χ1n) is 7.49. The van der Waals surface area contributed by atoms with Gasteiger partial charge in [-0.15, -0.1) is 0 Å². The van der Waals surface area contributed by atoms with Gasteiger partial charge in [0.1, 0.15) is 5.76 Å². The van der Waals surface area contributed by atoms with E-state index >= 15 is 0 Å². The van der Waals surface area contributed by atoms with Gasteiger partial charge in [0.15, 0.2) is 0 Å².